The molecule has 2 rings (SSSR count). The second-order valence-electron chi connectivity index (χ2n) is 5.33. The number of hydrogen-bond acceptors (Lipinski definition) is 3. The van der Waals surface area contributed by atoms with Crippen LogP contribution < -0.4 is 0 Å². The molecule has 0 spiro atoms. The van der Waals surface area contributed by atoms with Gasteiger partial charge in [0.15, 0.2) is 0 Å². The number of aryl methyl sites for hydroxylation is 2. The van der Waals surface area contributed by atoms with Gasteiger partial charge in [-0.05, 0) is 32.3 Å². The molecule has 1 unspecified atom stereocenters. The summed E-state index contributed by atoms with van der Waals surface area (Å²) in [7, 11) is 1.79. The smallest absolute Gasteiger partial charge is 0.272 e. The van der Waals surface area contributed by atoms with Gasteiger partial charge in [0, 0.05) is 20.1 Å². The maximum atomic E-state index is 12.4. The summed E-state index contributed by atoms with van der Waals surface area (Å²) in [6.45, 7) is 4.91. The van der Waals surface area contributed by atoms with Gasteiger partial charge in [-0.1, -0.05) is 6.92 Å². The Hall–Kier alpha value is -1.36. The van der Waals surface area contributed by atoms with Gasteiger partial charge in [0.05, 0.1) is 11.3 Å². The normalized spacial score (nSPS) is 24.3. The number of carbonyl (C=O) groups excluding carboxylic acids is 1. The van der Waals surface area contributed by atoms with Gasteiger partial charge in [-0.15, -0.1) is 0 Å². The predicted molar refractivity (Wildman–Crippen MR) is 68.3 cm³/mol. The lowest BCUT2D eigenvalue weighted by Crippen LogP contribution is -2.48. The van der Waals surface area contributed by atoms with Crippen molar-refractivity contribution >= 4 is 5.91 Å². The predicted octanol–water partition coefficient (Wildman–Crippen LogP) is 0.970. The topological polar surface area (TPSA) is 58.4 Å². The lowest BCUT2D eigenvalue weighted by Gasteiger charge is -2.36. The van der Waals surface area contributed by atoms with E-state index >= 15 is 0 Å². The molecule has 1 atom stereocenters. The molecular formula is C13H21N3O2. The van der Waals surface area contributed by atoms with Crippen LogP contribution in [0.5, 0.6) is 0 Å². The molecule has 18 heavy (non-hydrogen) atoms. The molecule has 1 N–H and O–H groups in total. The first-order chi connectivity index (χ1) is 8.43. The van der Waals surface area contributed by atoms with E-state index in [0.717, 1.165) is 25.0 Å². The Balaban J connectivity index is 2.17. The molecule has 0 saturated carbocycles. The zero-order valence-electron chi connectivity index (χ0n) is 11.3. The molecule has 0 aromatic carbocycles. The molecule has 0 radical (unpaired) electrons. The van der Waals surface area contributed by atoms with Gasteiger partial charge < -0.3 is 10.0 Å². The molecule has 1 saturated heterocycles. The highest BCUT2D eigenvalue weighted by atomic mass is 16.3. The van der Waals surface area contributed by atoms with E-state index in [1.165, 1.54) is 0 Å². The SMILES string of the molecule is CCc1cc(C(=O)N2CCCC(C)(O)C2)n(C)n1. The highest BCUT2D eigenvalue weighted by molar-refractivity contribution is 5.92. The standard InChI is InChI=1S/C13H21N3O2/c1-4-10-8-11(15(3)14-10)12(17)16-7-5-6-13(2,18)9-16/h8,18H,4-7,9H2,1-3H3. The Morgan fingerprint density at radius 3 is 2.89 bits per heavy atom. The summed E-state index contributed by atoms with van der Waals surface area (Å²) in [5.74, 6) is -0.0373. The van der Waals surface area contributed by atoms with E-state index in [9.17, 15) is 9.90 Å². The first kappa shape index (κ1) is 13.1. The average Bonchev–Trinajstić information content (AvgIpc) is 2.68. The van der Waals surface area contributed by atoms with Crippen molar-refractivity contribution in [3.8, 4) is 0 Å². The van der Waals surface area contributed by atoms with Crippen LogP contribution in [-0.4, -0.2) is 44.4 Å². The zero-order valence-corrected chi connectivity index (χ0v) is 11.3. The summed E-state index contributed by atoms with van der Waals surface area (Å²) in [5.41, 5.74) is 0.759. The van der Waals surface area contributed by atoms with E-state index in [2.05, 4.69) is 5.10 Å². The molecule has 0 aliphatic carbocycles. The number of aliphatic hydroxyl groups is 1. The largest absolute Gasteiger partial charge is 0.388 e. The summed E-state index contributed by atoms with van der Waals surface area (Å²) >= 11 is 0. The van der Waals surface area contributed by atoms with Gasteiger partial charge in [-0.2, -0.15) is 5.10 Å². The number of likely N-dealkylation sites (tertiary alicyclic amines) is 1. The fourth-order valence-electron chi connectivity index (χ4n) is 2.45. The number of hydrogen-bond donors (Lipinski definition) is 1. The summed E-state index contributed by atoms with van der Waals surface area (Å²) < 4.78 is 1.63. The number of nitrogens with zero attached hydrogens (tertiary/aromatic N) is 3. The minimum atomic E-state index is -0.764. The van der Waals surface area contributed by atoms with Gasteiger partial charge in [0.25, 0.3) is 5.91 Å². The number of β-amino-alcohol motifs (C(OH)–C–C–N with tert-alkyl or cyclic N) is 1. The van der Waals surface area contributed by atoms with Crippen LogP contribution in [0.15, 0.2) is 6.07 Å². The fraction of sp³-hybridized carbons (Fsp3) is 0.692. The van der Waals surface area contributed by atoms with Crippen LogP contribution in [-0.2, 0) is 13.5 Å². The quantitative estimate of drug-likeness (QED) is 0.852. The summed E-state index contributed by atoms with van der Waals surface area (Å²) in [6.07, 6.45) is 2.42. The average molecular weight is 251 g/mol. The Bertz CT molecular complexity index is 451. The molecule has 1 aromatic rings. The van der Waals surface area contributed by atoms with Crippen LogP contribution in [0.25, 0.3) is 0 Å². The lowest BCUT2D eigenvalue weighted by atomic mass is 9.95. The van der Waals surface area contributed by atoms with Gasteiger partial charge >= 0.3 is 0 Å². The van der Waals surface area contributed by atoms with E-state index in [-0.39, 0.29) is 5.91 Å². The molecule has 1 aliphatic heterocycles. The maximum Gasteiger partial charge on any atom is 0.272 e. The first-order valence-electron chi connectivity index (χ1n) is 6.47. The van der Waals surface area contributed by atoms with Gasteiger partial charge in [-0.3, -0.25) is 9.48 Å². The van der Waals surface area contributed by atoms with Crippen LogP contribution in [0, 0.1) is 0 Å². The van der Waals surface area contributed by atoms with E-state index in [1.807, 2.05) is 13.0 Å². The first-order valence-corrected chi connectivity index (χ1v) is 6.47. The Morgan fingerprint density at radius 2 is 2.33 bits per heavy atom. The van der Waals surface area contributed by atoms with Crippen molar-refractivity contribution in [3.05, 3.63) is 17.5 Å². The summed E-state index contributed by atoms with van der Waals surface area (Å²) in [4.78, 5) is 14.1. The van der Waals surface area contributed by atoms with E-state index in [1.54, 1.807) is 23.6 Å². The van der Waals surface area contributed by atoms with Crippen LogP contribution in [0.2, 0.25) is 0 Å². The van der Waals surface area contributed by atoms with Crippen molar-refractivity contribution in [2.75, 3.05) is 13.1 Å². The van der Waals surface area contributed by atoms with Gasteiger partial charge in [-0.25, -0.2) is 0 Å². The number of rotatable bonds is 2. The van der Waals surface area contributed by atoms with Crippen molar-refractivity contribution in [1.82, 2.24) is 14.7 Å². The maximum absolute atomic E-state index is 12.4. The van der Waals surface area contributed by atoms with Gasteiger partial charge in [0.1, 0.15) is 5.69 Å². The molecule has 1 aromatic heterocycles. The Kier molecular flexibility index (Phi) is 3.43. The van der Waals surface area contributed by atoms with Crippen molar-refractivity contribution in [3.63, 3.8) is 0 Å². The number of piperidine rings is 1. The molecule has 5 nitrogen and oxygen atoms in total. The van der Waals surface area contributed by atoms with Crippen molar-refractivity contribution in [2.45, 2.75) is 38.7 Å². The minimum Gasteiger partial charge on any atom is -0.388 e. The highest BCUT2D eigenvalue weighted by Gasteiger charge is 2.32. The fourth-order valence-corrected chi connectivity index (χ4v) is 2.45. The molecule has 100 valence electrons. The van der Waals surface area contributed by atoms with Crippen molar-refractivity contribution in [1.29, 1.82) is 0 Å². The monoisotopic (exact) mass is 251 g/mol. The summed E-state index contributed by atoms with van der Waals surface area (Å²) in [6, 6.07) is 1.84. The molecule has 0 bridgehead atoms. The highest BCUT2D eigenvalue weighted by Crippen LogP contribution is 2.22. The molecule has 2 heterocycles. The molecule has 5 heteroatoms. The van der Waals surface area contributed by atoms with Crippen molar-refractivity contribution in [2.24, 2.45) is 7.05 Å². The number of amides is 1. The molecular weight excluding hydrogens is 230 g/mol. The Labute approximate surface area is 107 Å². The van der Waals surface area contributed by atoms with Crippen molar-refractivity contribution < 1.29 is 9.90 Å². The number of carbonyl (C=O) groups is 1. The lowest BCUT2D eigenvalue weighted by molar-refractivity contribution is -0.0111. The third-order valence-corrected chi connectivity index (χ3v) is 3.47. The Morgan fingerprint density at radius 1 is 1.61 bits per heavy atom. The van der Waals surface area contributed by atoms with Crippen LogP contribution in [0.3, 0.4) is 0 Å². The summed E-state index contributed by atoms with van der Waals surface area (Å²) in [5, 5.41) is 14.3. The molecule has 1 fully saturated rings. The van der Waals surface area contributed by atoms with Gasteiger partial charge in [0.2, 0.25) is 0 Å². The second kappa shape index (κ2) is 4.72. The van der Waals surface area contributed by atoms with E-state index in [0.29, 0.717) is 18.8 Å². The van der Waals surface area contributed by atoms with E-state index < -0.39 is 5.60 Å². The molecule has 1 amide bonds. The van der Waals surface area contributed by atoms with Crippen LogP contribution >= 0.6 is 0 Å². The number of aromatic nitrogens is 2. The zero-order chi connectivity index (χ0) is 13.3. The third-order valence-electron chi connectivity index (χ3n) is 3.47. The van der Waals surface area contributed by atoms with Crippen LogP contribution in [0.1, 0.15) is 42.9 Å². The third kappa shape index (κ3) is 2.56. The minimum absolute atomic E-state index is 0.0373. The van der Waals surface area contributed by atoms with Crippen LogP contribution in [0.4, 0.5) is 0 Å². The van der Waals surface area contributed by atoms with E-state index in [4.69, 9.17) is 0 Å². The second-order valence-corrected chi connectivity index (χ2v) is 5.33. The molecule has 1 aliphatic rings.